The number of carbonyl (C=O) groups is 1. The molecule has 6 nitrogen and oxygen atoms in total. The van der Waals surface area contributed by atoms with Gasteiger partial charge in [0.15, 0.2) is 0 Å². The van der Waals surface area contributed by atoms with Crippen molar-refractivity contribution in [2.45, 2.75) is 115 Å². The second-order valence-corrected chi connectivity index (χ2v) is 11.8. The molecule has 3 aliphatic rings. The number of hydrogen-bond acceptors (Lipinski definition) is 4. The Morgan fingerprint density at radius 3 is 2.30 bits per heavy atom. The Hall–Kier alpha value is -2.35. The Balaban J connectivity index is 1.24. The van der Waals surface area contributed by atoms with E-state index >= 15 is 0 Å². The van der Waals surface area contributed by atoms with Crippen LogP contribution in [0.4, 0.5) is 8.78 Å². The number of halogens is 2. The quantitative estimate of drug-likeness (QED) is 0.474. The lowest BCUT2D eigenvalue weighted by Gasteiger charge is -2.40. The van der Waals surface area contributed by atoms with Crippen LogP contribution in [0.15, 0.2) is 30.3 Å². The summed E-state index contributed by atoms with van der Waals surface area (Å²) >= 11 is 0. The van der Waals surface area contributed by atoms with Crippen LogP contribution in [-0.2, 0) is 4.79 Å². The van der Waals surface area contributed by atoms with Gasteiger partial charge in [-0.1, -0.05) is 44.2 Å². The molecule has 8 heteroatoms. The van der Waals surface area contributed by atoms with Crippen molar-refractivity contribution in [1.82, 2.24) is 25.0 Å². The van der Waals surface area contributed by atoms with E-state index in [0.717, 1.165) is 43.0 Å². The van der Waals surface area contributed by atoms with E-state index in [1.807, 2.05) is 18.2 Å². The van der Waals surface area contributed by atoms with E-state index in [2.05, 4.69) is 57.9 Å². The van der Waals surface area contributed by atoms with E-state index in [4.69, 9.17) is 0 Å². The summed E-state index contributed by atoms with van der Waals surface area (Å²) < 4.78 is 29.6. The highest BCUT2D eigenvalue weighted by Gasteiger charge is 2.42. The molecular formula is C29H41F2N5O. The van der Waals surface area contributed by atoms with Gasteiger partial charge in [0.2, 0.25) is 11.8 Å². The predicted octanol–water partition coefficient (Wildman–Crippen LogP) is 5.95. The van der Waals surface area contributed by atoms with Gasteiger partial charge in [0.1, 0.15) is 11.6 Å². The van der Waals surface area contributed by atoms with Crippen LogP contribution in [0.2, 0.25) is 0 Å². The number of amides is 1. The molecule has 0 radical (unpaired) electrons. The fourth-order valence-electron chi connectivity index (χ4n) is 6.93. The number of hydrogen-bond donors (Lipinski definition) is 1. The summed E-state index contributed by atoms with van der Waals surface area (Å²) in [7, 11) is 0. The summed E-state index contributed by atoms with van der Waals surface area (Å²) in [6.07, 6.45) is 5.59. The molecule has 5 rings (SSSR count). The number of alkyl halides is 2. The molecule has 202 valence electrons. The van der Waals surface area contributed by atoms with E-state index in [1.165, 1.54) is 12.8 Å². The second kappa shape index (κ2) is 10.8. The maximum Gasteiger partial charge on any atom is 0.248 e. The summed E-state index contributed by atoms with van der Waals surface area (Å²) in [5, 5.41) is 12.1. The minimum absolute atomic E-state index is 0.0738. The van der Waals surface area contributed by atoms with E-state index in [-0.39, 0.29) is 43.6 Å². The molecule has 2 bridgehead atoms. The van der Waals surface area contributed by atoms with Gasteiger partial charge < -0.3 is 9.88 Å². The molecule has 1 aromatic carbocycles. The zero-order valence-electron chi connectivity index (χ0n) is 22.4. The summed E-state index contributed by atoms with van der Waals surface area (Å²) in [5.74, 6) is -0.572. The smallest absolute Gasteiger partial charge is 0.248 e. The van der Waals surface area contributed by atoms with Crippen LogP contribution in [0.25, 0.3) is 0 Å². The fourth-order valence-corrected chi connectivity index (χ4v) is 6.93. The highest BCUT2D eigenvalue weighted by Crippen LogP contribution is 2.42. The van der Waals surface area contributed by atoms with E-state index < -0.39 is 5.92 Å². The van der Waals surface area contributed by atoms with Gasteiger partial charge in [-0.3, -0.25) is 9.69 Å². The number of nitrogens with zero attached hydrogens (tertiary/aromatic N) is 4. The van der Waals surface area contributed by atoms with Gasteiger partial charge in [-0.25, -0.2) is 8.78 Å². The number of aryl methyl sites for hydroxylation is 1. The predicted molar refractivity (Wildman–Crippen MR) is 139 cm³/mol. The van der Waals surface area contributed by atoms with Crippen LogP contribution in [0.3, 0.4) is 0 Å². The van der Waals surface area contributed by atoms with Gasteiger partial charge in [-0.15, -0.1) is 10.2 Å². The summed E-state index contributed by atoms with van der Waals surface area (Å²) in [4.78, 5) is 15.8. The normalized spacial score (nSPS) is 26.9. The minimum atomic E-state index is -2.62. The third kappa shape index (κ3) is 5.74. The van der Waals surface area contributed by atoms with Gasteiger partial charge >= 0.3 is 0 Å². The third-order valence-corrected chi connectivity index (χ3v) is 8.92. The summed E-state index contributed by atoms with van der Waals surface area (Å²) in [6, 6.07) is 11.5. The Bertz CT molecular complexity index is 1050. The van der Waals surface area contributed by atoms with Crippen molar-refractivity contribution >= 4 is 5.91 Å². The van der Waals surface area contributed by atoms with Crippen molar-refractivity contribution in [1.29, 1.82) is 0 Å². The Morgan fingerprint density at radius 1 is 1.03 bits per heavy atom. The largest absolute Gasteiger partial charge is 0.349 e. The van der Waals surface area contributed by atoms with Gasteiger partial charge in [0.25, 0.3) is 0 Å². The van der Waals surface area contributed by atoms with E-state index in [9.17, 15) is 13.6 Å². The lowest BCUT2D eigenvalue weighted by Crippen LogP contribution is -2.45. The number of benzene rings is 1. The van der Waals surface area contributed by atoms with Crippen LogP contribution >= 0.6 is 0 Å². The minimum Gasteiger partial charge on any atom is -0.349 e. The number of piperidine rings is 1. The topological polar surface area (TPSA) is 63.1 Å². The molecule has 1 saturated carbocycles. The first-order valence-corrected chi connectivity index (χ1v) is 14.1. The standard InChI is InChI=1S/C29H41F2N5O/c1-19(2)27-34-33-20(3)36(27)25-17-23-9-10-24(18-25)35(23)16-13-26(21-7-5-4-6-8-21)32-28(37)22-11-14-29(30,31)15-12-22/h4-8,19,22-26H,9-18H2,1-3H3,(H,32,37)/t23-,24+,25?,26?. The molecule has 3 fully saturated rings. The zero-order valence-corrected chi connectivity index (χ0v) is 22.4. The molecule has 2 unspecified atom stereocenters. The van der Waals surface area contributed by atoms with E-state index in [0.29, 0.717) is 24.0 Å². The molecule has 1 amide bonds. The maximum atomic E-state index is 13.6. The highest BCUT2D eigenvalue weighted by molar-refractivity contribution is 5.79. The molecule has 4 atom stereocenters. The number of nitrogens with one attached hydrogen (secondary N) is 1. The van der Waals surface area contributed by atoms with Crippen LogP contribution in [0.5, 0.6) is 0 Å². The van der Waals surface area contributed by atoms with Crippen LogP contribution < -0.4 is 5.32 Å². The van der Waals surface area contributed by atoms with Crippen molar-refractivity contribution in [3.63, 3.8) is 0 Å². The van der Waals surface area contributed by atoms with Crippen molar-refractivity contribution in [2.75, 3.05) is 6.54 Å². The summed E-state index contributed by atoms with van der Waals surface area (Å²) in [6.45, 7) is 7.34. The van der Waals surface area contributed by atoms with Gasteiger partial charge in [-0.05, 0) is 57.4 Å². The average Bonchev–Trinajstić information content (AvgIpc) is 3.37. The van der Waals surface area contributed by atoms with Crippen LogP contribution in [0, 0.1) is 12.8 Å². The molecule has 2 saturated heterocycles. The molecule has 37 heavy (non-hydrogen) atoms. The van der Waals surface area contributed by atoms with E-state index in [1.54, 1.807) is 0 Å². The lowest BCUT2D eigenvalue weighted by molar-refractivity contribution is -0.130. The van der Waals surface area contributed by atoms with Crippen LogP contribution in [0.1, 0.15) is 107 Å². The fraction of sp³-hybridized carbons (Fsp3) is 0.690. The first-order valence-electron chi connectivity index (χ1n) is 14.1. The molecule has 0 spiro atoms. The Labute approximate surface area is 219 Å². The third-order valence-electron chi connectivity index (χ3n) is 8.92. The highest BCUT2D eigenvalue weighted by atomic mass is 19.3. The number of fused-ring (bicyclic) bond motifs is 2. The maximum absolute atomic E-state index is 13.6. The second-order valence-electron chi connectivity index (χ2n) is 11.8. The van der Waals surface area contributed by atoms with Gasteiger partial charge in [0.05, 0.1) is 6.04 Å². The zero-order chi connectivity index (χ0) is 26.2. The monoisotopic (exact) mass is 513 g/mol. The van der Waals surface area contributed by atoms with Crippen molar-refractivity contribution < 1.29 is 13.6 Å². The number of carbonyl (C=O) groups excluding carboxylic acids is 1. The first kappa shape index (κ1) is 26.3. The molecule has 2 aromatic rings. The SMILES string of the molecule is Cc1nnc(C(C)C)n1C1C[C@H]2CC[C@@H](C1)N2CCC(NC(=O)C1CCC(F)(F)CC1)c1ccccc1. The first-order chi connectivity index (χ1) is 17.7. The molecule has 1 aromatic heterocycles. The summed E-state index contributed by atoms with van der Waals surface area (Å²) in [5.41, 5.74) is 1.08. The molecule has 3 heterocycles. The molecule has 1 aliphatic carbocycles. The average molecular weight is 514 g/mol. The Morgan fingerprint density at radius 2 is 1.68 bits per heavy atom. The molecule has 2 aliphatic heterocycles. The van der Waals surface area contributed by atoms with Crippen molar-refractivity contribution in [3.05, 3.63) is 47.5 Å². The van der Waals surface area contributed by atoms with Crippen LogP contribution in [-0.4, -0.2) is 50.1 Å². The van der Waals surface area contributed by atoms with Gasteiger partial charge in [-0.2, -0.15) is 0 Å². The van der Waals surface area contributed by atoms with Gasteiger partial charge in [0, 0.05) is 49.3 Å². The number of aromatic nitrogens is 3. The molecular weight excluding hydrogens is 472 g/mol. The Kier molecular flexibility index (Phi) is 7.66. The molecule has 1 N–H and O–H groups in total. The number of rotatable bonds is 8. The van der Waals surface area contributed by atoms with Crippen molar-refractivity contribution in [2.24, 2.45) is 5.92 Å². The van der Waals surface area contributed by atoms with Crippen molar-refractivity contribution in [3.8, 4) is 0 Å². The lowest BCUT2D eigenvalue weighted by atomic mass is 9.86.